The standard InChI is InChI=1S/C12H18ClN3/c1-9-5-3-4-6-11(9)16(2)10-7-12(13)15-14-8-10/h7-9,11H,3-6H2,1-2H3. The van der Waals surface area contributed by atoms with Gasteiger partial charge in [-0.1, -0.05) is 31.4 Å². The van der Waals surface area contributed by atoms with Crippen LogP contribution in [0.2, 0.25) is 5.15 Å². The van der Waals surface area contributed by atoms with E-state index in [0.29, 0.717) is 11.2 Å². The summed E-state index contributed by atoms with van der Waals surface area (Å²) in [4.78, 5) is 2.30. The highest BCUT2D eigenvalue weighted by atomic mass is 35.5. The predicted molar refractivity (Wildman–Crippen MR) is 66.9 cm³/mol. The molecule has 1 aromatic rings. The number of nitrogens with zero attached hydrogens (tertiary/aromatic N) is 3. The highest BCUT2D eigenvalue weighted by Crippen LogP contribution is 2.30. The Kier molecular flexibility index (Phi) is 3.64. The molecule has 2 unspecified atom stereocenters. The van der Waals surface area contributed by atoms with Gasteiger partial charge in [-0.3, -0.25) is 0 Å². The molecule has 0 saturated heterocycles. The Balaban J connectivity index is 2.14. The molecule has 0 aromatic carbocycles. The minimum Gasteiger partial charge on any atom is -0.370 e. The summed E-state index contributed by atoms with van der Waals surface area (Å²) in [6.07, 6.45) is 7.05. The molecule has 0 radical (unpaired) electrons. The summed E-state index contributed by atoms with van der Waals surface area (Å²) in [6, 6.07) is 2.49. The maximum atomic E-state index is 5.86. The van der Waals surface area contributed by atoms with Crippen molar-refractivity contribution in [2.75, 3.05) is 11.9 Å². The van der Waals surface area contributed by atoms with Crippen LogP contribution in [-0.4, -0.2) is 23.3 Å². The predicted octanol–water partition coefficient (Wildman–Crippen LogP) is 3.14. The molecule has 3 nitrogen and oxygen atoms in total. The molecule has 1 saturated carbocycles. The fourth-order valence-electron chi connectivity index (χ4n) is 2.59. The number of halogens is 1. The largest absolute Gasteiger partial charge is 0.370 e. The second-order valence-electron chi connectivity index (χ2n) is 4.68. The third kappa shape index (κ3) is 2.46. The fraction of sp³-hybridized carbons (Fsp3) is 0.667. The van der Waals surface area contributed by atoms with Crippen molar-refractivity contribution in [1.29, 1.82) is 0 Å². The van der Waals surface area contributed by atoms with Gasteiger partial charge in [0.15, 0.2) is 5.15 Å². The zero-order valence-electron chi connectivity index (χ0n) is 9.86. The van der Waals surface area contributed by atoms with E-state index in [-0.39, 0.29) is 0 Å². The molecule has 2 atom stereocenters. The lowest BCUT2D eigenvalue weighted by Gasteiger charge is -2.37. The highest BCUT2D eigenvalue weighted by Gasteiger charge is 2.25. The van der Waals surface area contributed by atoms with Gasteiger partial charge in [-0.05, 0) is 18.8 Å². The number of aromatic nitrogens is 2. The van der Waals surface area contributed by atoms with Crippen molar-refractivity contribution in [2.45, 2.75) is 38.6 Å². The smallest absolute Gasteiger partial charge is 0.153 e. The number of hydrogen-bond acceptors (Lipinski definition) is 3. The van der Waals surface area contributed by atoms with E-state index < -0.39 is 0 Å². The third-order valence-corrected chi connectivity index (χ3v) is 3.77. The van der Waals surface area contributed by atoms with Gasteiger partial charge in [0, 0.05) is 19.2 Å². The van der Waals surface area contributed by atoms with E-state index in [0.717, 1.165) is 11.6 Å². The minimum atomic E-state index is 0.466. The Morgan fingerprint density at radius 2 is 2.12 bits per heavy atom. The maximum Gasteiger partial charge on any atom is 0.153 e. The third-order valence-electron chi connectivity index (χ3n) is 3.58. The second-order valence-corrected chi connectivity index (χ2v) is 5.06. The second kappa shape index (κ2) is 5.00. The topological polar surface area (TPSA) is 29.0 Å². The monoisotopic (exact) mass is 239 g/mol. The molecular weight excluding hydrogens is 222 g/mol. The molecular formula is C12H18ClN3. The molecule has 1 aliphatic rings. The number of rotatable bonds is 2. The van der Waals surface area contributed by atoms with Gasteiger partial charge in [0.2, 0.25) is 0 Å². The highest BCUT2D eigenvalue weighted by molar-refractivity contribution is 6.29. The van der Waals surface area contributed by atoms with Crippen molar-refractivity contribution in [3.05, 3.63) is 17.4 Å². The summed E-state index contributed by atoms with van der Waals surface area (Å²) < 4.78 is 0. The Morgan fingerprint density at radius 1 is 1.38 bits per heavy atom. The molecule has 0 N–H and O–H groups in total. The van der Waals surface area contributed by atoms with Crippen LogP contribution in [0, 0.1) is 5.92 Å². The van der Waals surface area contributed by atoms with Crippen molar-refractivity contribution >= 4 is 17.3 Å². The average molecular weight is 240 g/mol. The zero-order chi connectivity index (χ0) is 11.5. The van der Waals surface area contributed by atoms with Gasteiger partial charge < -0.3 is 4.90 Å². The first-order chi connectivity index (χ1) is 7.68. The summed E-state index contributed by atoms with van der Waals surface area (Å²) in [6.45, 7) is 2.33. The van der Waals surface area contributed by atoms with Gasteiger partial charge in [0.1, 0.15) is 0 Å². The van der Waals surface area contributed by atoms with E-state index in [9.17, 15) is 0 Å². The maximum absolute atomic E-state index is 5.86. The lowest BCUT2D eigenvalue weighted by molar-refractivity contribution is 0.321. The van der Waals surface area contributed by atoms with Crippen LogP contribution in [0.1, 0.15) is 32.6 Å². The van der Waals surface area contributed by atoms with Crippen LogP contribution in [0.15, 0.2) is 12.3 Å². The fourth-order valence-corrected chi connectivity index (χ4v) is 2.74. The Morgan fingerprint density at radius 3 is 2.81 bits per heavy atom. The molecule has 1 fully saturated rings. The van der Waals surface area contributed by atoms with Crippen LogP contribution in [-0.2, 0) is 0 Å². The van der Waals surface area contributed by atoms with Crippen LogP contribution >= 0.6 is 11.6 Å². The molecule has 1 aliphatic carbocycles. The first-order valence-electron chi connectivity index (χ1n) is 5.89. The molecule has 16 heavy (non-hydrogen) atoms. The van der Waals surface area contributed by atoms with Crippen LogP contribution < -0.4 is 4.90 Å². The minimum absolute atomic E-state index is 0.466. The van der Waals surface area contributed by atoms with E-state index in [1.807, 2.05) is 6.07 Å². The van der Waals surface area contributed by atoms with Crippen molar-refractivity contribution in [3.8, 4) is 0 Å². The first-order valence-corrected chi connectivity index (χ1v) is 6.27. The molecule has 0 bridgehead atoms. The summed E-state index contributed by atoms with van der Waals surface area (Å²) >= 11 is 5.86. The van der Waals surface area contributed by atoms with E-state index in [2.05, 4.69) is 29.1 Å². The summed E-state index contributed by atoms with van der Waals surface area (Å²) in [5.41, 5.74) is 1.07. The van der Waals surface area contributed by atoms with Gasteiger partial charge in [0.05, 0.1) is 11.9 Å². The molecule has 1 aromatic heterocycles. The Hall–Kier alpha value is -0.830. The molecule has 2 rings (SSSR count). The molecule has 0 aliphatic heterocycles. The molecule has 0 amide bonds. The normalized spacial score (nSPS) is 25.4. The quantitative estimate of drug-likeness (QED) is 0.794. The summed E-state index contributed by atoms with van der Waals surface area (Å²) in [5.74, 6) is 0.741. The van der Waals surface area contributed by atoms with Crippen molar-refractivity contribution in [1.82, 2.24) is 10.2 Å². The molecule has 88 valence electrons. The van der Waals surface area contributed by atoms with Gasteiger partial charge in [-0.2, -0.15) is 5.10 Å². The van der Waals surface area contributed by atoms with Crippen LogP contribution in [0.4, 0.5) is 5.69 Å². The van der Waals surface area contributed by atoms with Crippen LogP contribution in [0.3, 0.4) is 0 Å². The average Bonchev–Trinajstić information content (AvgIpc) is 2.29. The van der Waals surface area contributed by atoms with Crippen LogP contribution in [0.25, 0.3) is 0 Å². The van der Waals surface area contributed by atoms with E-state index >= 15 is 0 Å². The SMILES string of the molecule is CC1CCCCC1N(C)c1cnnc(Cl)c1. The van der Waals surface area contributed by atoms with E-state index in [1.165, 1.54) is 25.7 Å². The van der Waals surface area contributed by atoms with Gasteiger partial charge in [-0.15, -0.1) is 5.10 Å². The van der Waals surface area contributed by atoms with Crippen LogP contribution in [0.5, 0.6) is 0 Å². The van der Waals surface area contributed by atoms with Gasteiger partial charge in [-0.25, -0.2) is 0 Å². The number of hydrogen-bond donors (Lipinski definition) is 0. The lowest BCUT2D eigenvalue weighted by atomic mass is 9.85. The molecule has 0 spiro atoms. The van der Waals surface area contributed by atoms with Gasteiger partial charge in [0.25, 0.3) is 0 Å². The summed E-state index contributed by atoms with van der Waals surface area (Å²) in [5, 5.41) is 8.14. The zero-order valence-corrected chi connectivity index (χ0v) is 10.6. The first kappa shape index (κ1) is 11.6. The van der Waals surface area contributed by atoms with Gasteiger partial charge >= 0.3 is 0 Å². The Bertz CT molecular complexity index is 356. The molecule has 4 heteroatoms. The molecule has 1 heterocycles. The van der Waals surface area contributed by atoms with Crippen molar-refractivity contribution in [3.63, 3.8) is 0 Å². The summed E-state index contributed by atoms with van der Waals surface area (Å²) in [7, 11) is 2.12. The van der Waals surface area contributed by atoms with Crippen molar-refractivity contribution in [2.24, 2.45) is 5.92 Å². The number of anilines is 1. The van der Waals surface area contributed by atoms with E-state index in [1.54, 1.807) is 6.20 Å². The Labute approximate surface area is 102 Å². The van der Waals surface area contributed by atoms with E-state index in [4.69, 9.17) is 11.6 Å². The lowest BCUT2D eigenvalue weighted by Crippen LogP contribution is -2.39. The van der Waals surface area contributed by atoms with Crippen molar-refractivity contribution < 1.29 is 0 Å².